The van der Waals surface area contributed by atoms with E-state index in [0.29, 0.717) is 0 Å². The summed E-state index contributed by atoms with van der Waals surface area (Å²) in [5, 5.41) is 0.217. The number of anilines is 1. The Morgan fingerprint density at radius 2 is 1.59 bits per heavy atom. The van der Waals surface area contributed by atoms with Crippen molar-refractivity contribution >= 4 is 14.0 Å². The average Bonchev–Trinajstić information content (AvgIpc) is 2.12. The van der Waals surface area contributed by atoms with E-state index >= 15 is 0 Å². The van der Waals surface area contributed by atoms with E-state index in [0.717, 1.165) is 22.6 Å². The van der Waals surface area contributed by atoms with Crippen molar-refractivity contribution in [3.63, 3.8) is 0 Å². The second-order valence-corrected chi connectivity index (χ2v) is 11.1. The SMILES string of the molecule is Cc1cc(O[Si](C)(C)C(C)(C)C)c(C)cc1N. The summed E-state index contributed by atoms with van der Waals surface area (Å²) in [4.78, 5) is 0. The van der Waals surface area contributed by atoms with E-state index < -0.39 is 8.32 Å². The molecule has 17 heavy (non-hydrogen) atoms. The molecule has 96 valence electrons. The van der Waals surface area contributed by atoms with Crippen molar-refractivity contribution in [1.29, 1.82) is 0 Å². The van der Waals surface area contributed by atoms with E-state index in [1.807, 2.05) is 13.0 Å². The van der Waals surface area contributed by atoms with Crippen molar-refractivity contribution in [3.8, 4) is 5.75 Å². The highest BCUT2D eigenvalue weighted by molar-refractivity contribution is 6.74. The van der Waals surface area contributed by atoms with Crippen LogP contribution in [0.15, 0.2) is 12.1 Å². The van der Waals surface area contributed by atoms with Crippen LogP contribution in [0, 0.1) is 13.8 Å². The summed E-state index contributed by atoms with van der Waals surface area (Å²) < 4.78 is 6.32. The lowest BCUT2D eigenvalue weighted by Gasteiger charge is -2.37. The minimum absolute atomic E-state index is 0.217. The minimum Gasteiger partial charge on any atom is -0.543 e. The maximum atomic E-state index is 6.32. The maximum absolute atomic E-state index is 6.32. The first-order chi connectivity index (χ1) is 7.54. The lowest BCUT2D eigenvalue weighted by Crippen LogP contribution is -2.44. The van der Waals surface area contributed by atoms with E-state index in [2.05, 4.69) is 46.9 Å². The molecule has 0 saturated heterocycles. The third kappa shape index (κ3) is 3.03. The average molecular weight is 251 g/mol. The summed E-state index contributed by atoms with van der Waals surface area (Å²) in [5.74, 6) is 0.989. The first-order valence-corrected chi connectivity index (χ1v) is 9.01. The van der Waals surface area contributed by atoms with E-state index in [1.54, 1.807) is 0 Å². The van der Waals surface area contributed by atoms with Gasteiger partial charge in [0.05, 0.1) is 0 Å². The molecule has 0 aliphatic heterocycles. The third-order valence-electron chi connectivity index (χ3n) is 3.73. The van der Waals surface area contributed by atoms with E-state index in [1.165, 1.54) is 0 Å². The quantitative estimate of drug-likeness (QED) is 0.629. The molecule has 3 heteroatoms. The van der Waals surface area contributed by atoms with Crippen LogP contribution in [0.3, 0.4) is 0 Å². The number of nitrogen functional groups attached to an aromatic ring is 1. The van der Waals surface area contributed by atoms with Crippen molar-refractivity contribution in [1.82, 2.24) is 0 Å². The molecule has 1 aromatic carbocycles. The van der Waals surface area contributed by atoms with Gasteiger partial charge in [-0.3, -0.25) is 0 Å². The number of hydrogen-bond acceptors (Lipinski definition) is 2. The molecule has 0 bridgehead atoms. The number of aryl methyl sites for hydroxylation is 2. The maximum Gasteiger partial charge on any atom is 0.250 e. The topological polar surface area (TPSA) is 35.2 Å². The van der Waals surface area contributed by atoms with Crippen LogP contribution in [-0.2, 0) is 0 Å². The Balaban J connectivity index is 3.08. The molecule has 0 atom stereocenters. The third-order valence-corrected chi connectivity index (χ3v) is 8.08. The van der Waals surface area contributed by atoms with Crippen molar-refractivity contribution in [2.75, 3.05) is 5.73 Å². The molecule has 0 unspecified atom stereocenters. The van der Waals surface area contributed by atoms with Gasteiger partial charge in [0.25, 0.3) is 0 Å². The predicted molar refractivity (Wildman–Crippen MR) is 78.2 cm³/mol. The van der Waals surface area contributed by atoms with Gasteiger partial charge in [-0.1, -0.05) is 20.8 Å². The fourth-order valence-corrected chi connectivity index (χ4v) is 2.43. The Hall–Kier alpha value is -0.963. The molecule has 0 aliphatic carbocycles. The van der Waals surface area contributed by atoms with Crippen LogP contribution in [0.5, 0.6) is 5.75 Å². The molecular formula is C14H25NOSi. The molecule has 0 aromatic heterocycles. The van der Waals surface area contributed by atoms with Crippen molar-refractivity contribution in [2.24, 2.45) is 0 Å². The molecule has 1 aromatic rings. The van der Waals surface area contributed by atoms with Gasteiger partial charge in [-0.25, -0.2) is 0 Å². The normalized spacial score (nSPS) is 12.6. The fourth-order valence-electron chi connectivity index (χ4n) is 1.35. The number of benzene rings is 1. The molecule has 0 aliphatic rings. The number of rotatable bonds is 2. The Kier molecular flexibility index (Phi) is 3.62. The van der Waals surface area contributed by atoms with Crippen LogP contribution in [0.4, 0.5) is 5.69 Å². The van der Waals surface area contributed by atoms with Crippen LogP contribution in [0.1, 0.15) is 31.9 Å². The lowest BCUT2D eigenvalue weighted by molar-refractivity contribution is 0.489. The molecule has 2 N–H and O–H groups in total. The van der Waals surface area contributed by atoms with E-state index in [-0.39, 0.29) is 5.04 Å². The molecular weight excluding hydrogens is 226 g/mol. The molecule has 1 rings (SSSR count). The zero-order valence-corrected chi connectivity index (χ0v) is 13.1. The van der Waals surface area contributed by atoms with E-state index in [9.17, 15) is 0 Å². The molecule has 0 heterocycles. The number of hydrogen-bond donors (Lipinski definition) is 1. The van der Waals surface area contributed by atoms with Crippen LogP contribution in [0.2, 0.25) is 18.1 Å². The fraction of sp³-hybridized carbons (Fsp3) is 0.571. The summed E-state index contributed by atoms with van der Waals surface area (Å²) >= 11 is 0. The van der Waals surface area contributed by atoms with Crippen molar-refractivity contribution in [3.05, 3.63) is 23.3 Å². The molecule has 2 nitrogen and oxygen atoms in total. The summed E-state index contributed by atoms with van der Waals surface area (Å²) in [5.41, 5.74) is 8.94. The van der Waals surface area contributed by atoms with E-state index in [4.69, 9.17) is 10.2 Å². The first kappa shape index (κ1) is 14.1. The highest BCUT2D eigenvalue weighted by Crippen LogP contribution is 2.38. The highest BCUT2D eigenvalue weighted by Gasteiger charge is 2.39. The summed E-state index contributed by atoms with van der Waals surface area (Å²) in [7, 11) is -1.76. The Morgan fingerprint density at radius 3 is 2.06 bits per heavy atom. The lowest BCUT2D eigenvalue weighted by atomic mass is 10.1. The molecule has 0 radical (unpaired) electrons. The van der Waals surface area contributed by atoms with Gasteiger partial charge >= 0.3 is 0 Å². The van der Waals surface area contributed by atoms with Gasteiger partial charge in [0.15, 0.2) is 0 Å². The second kappa shape index (κ2) is 4.37. The Labute approximate surface area is 106 Å². The van der Waals surface area contributed by atoms with Crippen LogP contribution < -0.4 is 10.2 Å². The molecule has 0 amide bonds. The van der Waals surface area contributed by atoms with Crippen molar-refractivity contribution < 1.29 is 4.43 Å². The molecule has 0 saturated carbocycles. The van der Waals surface area contributed by atoms with Crippen LogP contribution in [0.25, 0.3) is 0 Å². The minimum atomic E-state index is -1.76. The van der Waals surface area contributed by atoms with Gasteiger partial charge in [0.1, 0.15) is 5.75 Å². The van der Waals surface area contributed by atoms with Crippen LogP contribution in [-0.4, -0.2) is 8.32 Å². The van der Waals surface area contributed by atoms with Gasteiger partial charge in [-0.15, -0.1) is 0 Å². The summed E-state index contributed by atoms with van der Waals surface area (Å²) in [6.45, 7) is 15.3. The van der Waals surface area contributed by atoms with Gasteiger partial charge in [0, 0.05) is 5.69 Å². The van der Waals surface area contributed by atoms with Crippen molar-refractivity contribution in [2.45, 2.75) is 52.8 Å². The first-order valence-electron chi connectivity index (χ1n) is 6.10. The smallest absolute Gasteiger partial charge is 0.250 e. The molecule has 0 spiro atoms. The standard InChI is InChI=1S/C14H25NOSi/c1-10-9-13(11(2)8-12(10)15)16-17(6,7)14(3,4)5/h8-9H,15H2,1-7H3. The van der Waals surface area contributed by atoms with Gasteiger partial charge < -0.3 is 10.2 Å². The van der Waals surface area contributed by atoms with Gasteiger partial charge in [-0.05, 0) is 55.2 Å². The van der Waals surface area contributed by atoms with Gasteiger partial charge in [0.2, 0.25) is 8.32 Å². The zero-order valence-electron chi connectivity index (χ0n) is 12.1. The predicted octanol–water partition coefficient (Wildman–Crippen LogP) is 4.27. The van der Waals surface area contributed by atoms with Gasteiger partial charge in [-0.2, -0.15) is 0 Å². The summed E-state index contributed by atoms with van der Waals surface area (Å²) in [6.07, 6.45) is 0. The van der Waals surface area contributed by atoms with Crippen LogP contribution >= 0.6 is 0 Å². The largest absolute Gasteiger partial charge is 0.543 e. The second-order valence-electron chi connectivity index (χ2n) is 6.34. The Bertz CT molecular complexity index is 419. The summed E-state index contributed by atoms with van der Waals surface area (Å²) in [6, 6.07) is 4.06. The number of nitrogens with two attached hydrogens (primary N) is 1. The highest BCUT2D eigenvalue weighted by atomic mass is 28.4. The zero-order chi connectivity index (χ0) is 13.4. The molecule has 0 fully saturated rings. The monoisotopic (exact) mass is 251 g/mol. The Morgan fingerprint density at radius 1 is 1.06 bits per heavy atom.